The summed E-state index contributed by atoms with van der Waals surface area (Å²) in [5.41, 5.74) is 25.5. The van der Waals surface area contributed by atoms with E-state index in [1.54, 1.807) is 0 Å². The quantitative estimate of drug-likeness (QED) is 0.161. The monoisotopic (exact) mass is 789 g/mol. The lowest BCUT2D eigenvalue weighted by Crippen LogP contribution is -2.59. The van der Waals surface area contributed by atoms with Gasteiger partial charge in [0.1, 0.15) is 11.5 Å². The van der Waals surface area contributed by atoms with Crippen LogP contribution in [0.5, 0.6) is 11.5 Å². The van der Waals surface area contributed by atoms with Gasteiger partial charge in [0, 0.05) is 22.5 Å². The predicted octanol–water partition coefficient (Wildman–Crippen LogP) is 13.9. The molecule has 0 radical (unpaired) electrons. The van der Waals surface area contributed by atoms with Crippen molar-refractivity contribution in [3.63, 3.8) is 0 Å². The molecule has 0 atom stereocenters. The Balaban J connectivity index is 1.36. The predicted molar refractivity (Wildman–Crippen MR) is 261 cm³/mol. The number of para-hydroxylation sites is 1. The van der Waals surface area contributed by atoms with Crippen molar-refractivity contribution < 1.29 is 4.74 Å². The van der Waals surface area contributed by atoms with Crippen LogP contribution in [0.4, 0.5) is 17.1 Å². The molecule has 0 spiro atoms. The number of aryl methyl sites for hydroxylation is 6. The Morgan fingerprint density at radius 3 is 1.44 bits per heavy atom. The molecule has 8 aromatic carbocycles. The second-order valence-electron chi connectivity index (χ2n) is 18.7. The average Bonchev–Trinajstić information content (AvgIpc) is 3.22. The first-order valence-electron chi connectivity index (χ1n) is 21.7. The molecule has 8 aromatic rings. The molecule has 0 unspecified atom stereocenters. The third kappa shape index (κ3) is 6.68. The molecule has 298 valence electrons. The molecule has 0 saturated heterocycles. The van der Waals surface area contributed by atoms with Gasteiger partial charge in [0.05, 0.1) is 5.69 Å². The maximum atomic E-state index is 7.05. The zero-order chi connectivity index (χ0) is 42.3. The summed E-state index contributed by atoms with van der Waals surface area (Å²) in [7, 11) is 0. The van der Waals surface area contributed by atoms with E-state index in [1.807, 2.05) is 0 Å². The van der Waals surface area contributed by atoms with Gasteiger partial charge in [-0.3, -0.25) is 0 Å². The van der Waals surface area contributed by atoms with E-state index < -0.39 is 0 Å². The van der Waals surface area contributed by atoms with E-state index in [9.17, 15) is 0 Å². The number of hydrogen-bond donors (Lipinski definition) is 0. The van der Waals surface area contributed by atoms with Crippen LogP contribution in [0.1, 0.15) is 59.7 Å². The first-order valence-corrected chi connectivity index (χ1v) is 21.7. The van der Waals surface area contributed by atoms with E-state index >= 15 is 0 Å². The van der Waals surface area contributed by atoms with Gasteiger partial charge in [0.2, 0.25) is 0 Å². The molecule has 0 saturated carbocycles. The third-order valence-electron chi connectivity index (χ3n) is 12.7. The highest BCUT2D eigenvalue weighted by Gasteiger charge is 2.44. The fraction of sp³-hybridized carbons (Fsp3) is 0.172. The summed E-state index contributed by atoms with van der Waals surface area (Å²) >= 11 is 0. The van der Waals surface area contributed by atoms with E-state index in [0.717, 1.165) is 22.9 Å². The minimum atomic E-state index is -0.134. The van der Waals surface area contributed by atoms with Crippen LogP contribution in [0.3, 0.4) is 0 Å². The van der Waals surface area contributed by atoms with E-state index in [4.69, 9.17) is 4.74 Å². The van der Waals surface area contributed by atoms with Gasteiger partial charge in [0.25, 0.3) is 6.71 Å². The number of anilines is 3. The molecule has 0 fully saturated rings. The van der Waals surface area contributed by atoms with Gasteiger partial charge in [0.15, 0.2) is 0 Å². The summed E-state index contributed by atoms with van der Waals surface area (Å²) in [5, 5.41) is 0. The maximum absolute atomic E-state index is 7.05. The van der Waals surface area contributed by atoms with Crippen LogP contribution < -0.4 is 26.0 Å². The van der Waals surface area contributed by atoms with Crippen LogP contribution in [0, 0.1) is 41.5 Å². The highest BCUT2D eigenvalue weighted by molar-refractivity contribution is 6.99. The zero-order valence-corrected chi connectivity index (χ0v) is 36.9. The van der Waals surface area contributed by atoms with E-state index in [-0.39, 0.29) is 12.1 Å². The minimum absolute atomic E-state index is 0.00883. The molecule has 0 amide bonds. The average molecular weight is 790 g/mol. The van der Waals surface area contributed by atoms with Crippen molar-refractivity contribution in [3.05, 3.63) is 191 Å². The molecule has 2 heterocycles. The molecule has 61 heavy (non-hydrogen) atoms. The number of ether oxygens (including phenoxy) is 1. The Hall–Kier alpha value is -6.58. The van der Waals surface area contributed by atoms with Crippen molar-refractivity contribution in [2.45, 2.75) is 67.7 Å². The lowest BCUT2D eigenvalue weighted by Gasteiger charge is -2.42. The van der Waals surface area contributed by atoms with Gasteiger partial charge in [-0.25, -0.2) is 0 Å². The molecular formula is C58H52BNO. The molecule has 3 heteroatoms. The summed E-state index contributed by atoms with van der Waals surface area (Å²) in [6.45, 7) is 20.1. The fourth-order valence-corrected chi connectivity index (χ4v) is 10.1. The van der Waals surface area contributed by atoms with Crippen molar-refractivity contribution in [1.29, 1.82) is 0 Å². The second kappa shape index (κ2) is 14.6. The number of hydrogen-bond acceptors (Lipinski definition) is 2. The van der Waals surface area contributed by atoms with Gasteiger partial charge in [-0.2, -0.15) is 0 Å². The number of benzene rings is 8. The molecule has 0 aliphatic carbocycles. The van der Waals surface area contributed by atoms with Crippen LogP contribution >= 0.6 is 0 Å². The molecule has 0 N–H and O–H groups in total. The summed E-state index contributed by atoms with van der Waals surface area (Å²) in [4.78, 5) is 2.60. The Bertz CT molecular complexity index is 2920. The summed E-state index contributed by atoms with van der Waals surface area (Å²) in [5.74, 6) is 1.87. The highest BCUT2D eigenvalue weighted by atomic mass is 16.5. The second-order valence-corrected chi connectivity index (χ2v) is 18.7. The van der Waals surface area contributed by atoms with Crippen LogP contribution in [0.2, 0.25) is 0 Å². The lowest BCUT2D eigenvalue weighted by molar-refractivity contribution is 0.483. The number of rotatable bonds is 5. The smallest absolute Gasteiger partial charge is 0.256 e. The van der Waals surface area contributed by atoms with Crippen molar-refractivity contribution in [2.24, 2.45) is 0 Å². The molecule has 0 aromatic heterocycles. The van der Waals surface area contributed by atoms with Crippen LogP contribution in [-0.4, -0.2) is 6.71 Å². The van der Waals surface area contributed by atoms with Gasteiger partial charge in [-0.1, -0.05) is 182 Å². The van der Waals surface area contributed by atoms with Crippen molar-refractivity contribution >= 4 is 40.2 Å². The normalized spacial score (nSPS) is 12.7. The first-order chi connectivity index (χ1) is 29.3. The Labute approximate surface area is 362 Å². The standard InChI is InChI=1S/C58H52BNO/c1-35-21-23-52-50(31-35)59-51-32-36(2)22-24-54(51)61-55-34-43(58(7,8)9)33-53(56(55)59)60(52)57-48(46-17-12-10-15-44(46)41-27-37(3)25-38(4)28-41)19-14-20-49(57)47-18-13-11-16-45(47)42-29-39(5)26-40(6)30-42/h10-34H,1-9H3. The number of fused-ring (bicyclic) bond motifs is 4. The number of nitrogens with zero attached hydrogens (tertiary/aromatic N) is 1. The summed E-state index contributed by atoms with van der Waals surface area (Å²) < 4.78 is 7.05. The highest BCUT2D eigenvalue weighted by Crippen LogP contribution is 2.52. The van der Waals surface area contributed by atoms with Crippen LogP contribution in [0.15, 0.2) is 152 Å². The Kier molecular flexibility index (Phi) is 9.22. The first kappa shape index (κ1) is 38.6. The Morgan fingerprint density at radius 2 is 0.902 bits per heavy atom. The largest absolute Gasteiger partial charge is 0.458 e. The van der Waals surface area contributed by atoms with E-state index in [0.29, 0.717) is 0 Å². The molecule has 0 bridgehead atoms. The van der Waals surface area contributed by atoms with E-state index in [1.165, 1.54) is 106 Å². The molecule has 2 nitrogen and oxygen atoms in total. The molecule has 2 aliphatic rings. The summed E-state index contributed by atoms with van der Waals surface area (Å²) in [6.07, 6.45) is 0. The lowest BCUT2D eigenvalue weighted by atomic mass is 9.34. The maximum Gasteiger partial charge on any atom is 0.256 e. The fourth-order valence-electron chi connectivity index (χ4n) is 10.1. The zero-order valence-electron chi connectivity index (χ0n) is 36.9. The molecular weight excluding hydrogens is 737 g/mol. The van der Waals surface area contributed by atoms with Crippen LogP contribution in [-0.2, 0) is 5.41 Å². The van der Waals surface area contributed by atoms with Crippen molar-refractivity contribution in [1.82, 2.24) is 0 Å². The minimum Gasteiger partial charge on any atom is -0.458 e. The van der Waals surface area contributed by atoms with Gasteiger partial charge >= 0.3 is 0 Å². The Morgan fingerprint density at radius 1 is 0.410 bits per heavy atom. The molecule has 2 aliphatic heterocycles. The third-order valence-corrected chi connectivity index (χ3v) is 12.7. The molecule has 10 rings (SSSR count). The topological polar surface area (TPSA) is 12.5 Å². The summed E-state index contributed by atoms with van der Waals surface area (Å²) in [6, 6.07) is 57.3. The van der Waals surface area contributed by atoms with Gasteiger partial charge < -0.3 is 9.64 Å². The van der Waals surface area contributed by atoms with Crippen LogP contribution in [0.25, 0.3) is 44.5 Å². The van der Waals surface area contributed by atoms with Crippen molar-refractivity contribution in [3.8, 4) is 56.0 Å². The van der Waals surface area contributed by atoms with Gasteiger partial charge in [-0.05, 0) is 127 Å². The van der Waals surface area contributed by atoms with Gasteiger partial charge in [-0.15, -0.1) is 0 Å². The van der Waals surface area contributed by atoms with Crippen molar-refractivity contribution in [2.75, 3.05) is 4.90 Å². The SMILES string of the molecule is Cc1cc(C)cc(-c2ccccc2-c2cccc(-c3ccccc3-c3cc(C)cc(C)c3)c2N2c3ccc(C)cc3B3c4cc(C)ccc4Oc4cc(C(C)(C)C)cc2c43)c1. The van der Waals surface area contributed by atoms with E-state index in [2.05, 4.69) is 219 Å².